The average Bonchev–Trinajstić information content (AvgIpc) is 2.54. The van der Waals surface area contributed by atoms with Crippen LogP contribution in [0.15, 0.2) is 47.4 Å². The third-order valence-electron chi connectivity index (χ3n) is 4.61. The van der Waals surface area contributed by atoms with Crippen molar-refractivity contribution in [2.45, 2.75) is 50.0 Å². The smallest absolute Gasteiger partial charge is 0.241 e. The van der Waals surface area contributed by atoms with Crippen LogP contribution in [0.4, 0.5) is 5.69 Å². The van der Waals surface area contributed by atoms with Crippen molar-refractivity contribution in [3.8, 4) is 0 Å². The van der Waals surface area contributed by atoms with E-state index in [1.54, 1.807) is 18.2 Å². The SMILES string of the molecule is CC(C)c1cccc(S(=O)(=O)NC2CCCc3cc(N)ccc32)c1. The second kappa shape index (κ2) is 6.57. The fraction of sp³-hybridized carbons (Fsp3) is 0.368. The molecule has 0 saturated carbocycles. The van der Waals surface area contributed by atoms with Crippen molar-refractivity contribution in [2.24, 2.45) is 0 Å². The van der Waals surface area contributed by atoms with Crippen molar-refractivity contribution in [2.75, 3.05) is 5.73 Å². The summed E-state index contributed by atoms with van der Waals surface area (Å²) in [6, 6.07) is 12.7. The van der Waals surface area contributed by atoms with Crippen molar-refractivity contribution in [1.82, 2.24) is 4.72 Å². The normalized spacial score (nSPS) is 17.7. The molecule has 1 aliphatic rings. The molecule has 0 radical (unpaired) electrons. The van der Waals surface area contributed by atoms with Crippen LogP contribution in [-0.2, 0) is 16.4 Å². The van der Waals surface area contributed by atoms with Gasteiger partial charge in [-0.05, 0) is 66.1 Å². The molecule has 3 N–H and O–H groups in total. The largest absolute Gasteiger partial charge is 0.399 e. The number of hydrogen-bond acceptors (Lipinski definition) is 3. The monoisotopic (exact) mass is 344 g/mol. The zero-order valence-corrected chi connectivity index (χ0v) is 14.9. The van der Waals surface area contributed by atoms with Gasteiger partial charge in [-0.25, -0.2) is 13.1 Å². The van der Waals surface area contributed by atoms with Gasteiger partial charge in [0.05, 0.1) is 4.90 Å². The fourth-order valence-electron chi connectivity index (χ4n) is 3.25. The highest BCUT2D eigenvalue weighted by Crippen LogP contribution is 2.32. The molecule has 1 unspecified atom stereocenters. The summed E-state index contributed by atoms with van der Waals surface area (Å²) in [6.45, 7) is 4.11. The minimum atomic E-state index is -3.55. The zero-order chi connectivity index (χ0) is 17.3. The van der Waals surface area contributed by atoms with Crippen molar-refractivity contribution in [1.29, 1.82) is 0 Å². The number of aryl methyl sites for hydroxylation is 1. The van der Waals surface area contributed by atoms with E-state index in [2.05, 4.69) is 18.6 Å². The lowest BCUT2D eigenvalue weighted by Gasteiger charge is -2.26. The second-order valence-electron chi connectivity index (χ2n) is 6.75. The Morgan fingerprint density at radius 1 is 1.17 bits per heavy atom. The minimum absolute atomic E-state index is 0.193. The molecule has 4 nitrogen and oxygen atoms in total. The highest BCUT2D eigenvalue weighted by atomic mass is 32.2. The quantitative estimate of drug-likeness (QED) is 0.830. The Bertz CT molecular complexity index is 844. The molecule has 24 heavy (non-hydrogen) atoms. The third-order valence-corrected chi connectivity index (χ3v) is 6.08. The van der Waals surface area contributed by atoms with Crippen LogP contribution >= 0.6 is 0 Å². The maximum atomic E-state index is 12.8. The molecule has 3 rings (SSSR count). The second-order valence-corrected chi connectivity index (χ2v) is 8.47. The molecule has 0 fully saturated rings. The molecular weight excluding hydrogens is 320 g/mol. The lowest BCUT2D eigenvalue weighted by molar-refractivity contribution is 0.507. The van der Waals surface area contributed by atoms with E-state index in [0.717, 1.165) is 41.6 Å². The summed E-state index contributed by atoms with van der Waals surface area (Å²) in [6.07, 6.45) is 2.71. The predicted molar refractivity (Wildman–Crippen MR) is 97.4 cm³/mol. The van der Waals surface area contributed by atoms with E-state index >= 15 is 0 Å². The number of benzene rings is 2. The minimum Gasteiger partial charge on any atom is -0.399 e. The summed E-state index contributed by atoms with van der Waals surface area (Å²) in [7, 11) is -3.55. The van der Waals surface area contributed by atoms with Crippen LogP contribution in [0.5, 0.6) is 0 Å². The van der Waals surface area contributed by atoms with Crippen molar-refractivity contribution in [3.05, 3.63) is 59.2 Å². The Balaban J connectivity index is 1.90. The van der Waals surface area contributed by atoms with Gasteiger partial charge in [-0.15, -0.1) is 0 Å². The number of sulfonamides is 1. The molecule has 0 amide bonds. The number of nitrogen functional groups attached to an aromatic ring is 1. The van der Waals surface area contributed by atoms with Crippen LogP contribution in [0.2, 0.25) is 0 Å². The van der Waals surface area contributed by atoms with E-state index in [1.807, 2.05) is 24.3 Å². The zero-order valence-electron chi connectivity index (χ0n) is 14.1. The molecule has 1 aliphatic carbocycles. The van der Waals surface area contributed by atoms with Crippen LogP contribution in [0.25, 0.3) is 0 Å². The van der Waals surface area contributed by atoms with Gasteiger partial charge in [0.25, 0.3) is 0 Å². The van der Waals surface area contributed by atoms with Gasteiger partial charge in [-0.1, -0.05) is 32.0 Å². The van der Waals surface area contributed by atoms with E-state index in [4.69, 9.17) is 5.73 Å². The van der Waals surface area contributed by atoms with Crippen molar-refractivity contribution >= 4 is 15.7 Å². The molecule has 0 saturated heterocycles. The first kappa shape index (κ1) is 17.0. The standard InChI is InChI=1S/C19H24N2O2S/c1-13(2)14-5-3-7-17(12-14)24(22,23)21-19-8-4-6-15-11-16(20)9-10-18(15)19/h3,5,7,9-13,19,21H,4,6,8,20H2,1-2H3. The van der Waals surface area contributed by atoms with Gasteiger partial charge in [-0.3, -0.25) is 0 Å². The molecule has 0 aromatic heterocycles. The maximum absolute atomic E-state index is 12.8. The number of anilines is 1. The Hall–Kier alpha value is -1.85. The number of rotatable bonds is 4. The lowest BCUT2D eigenvalue weighted by atomic mass is 9.88. The number of fused-ring (bicyclic) bond motifs is 1. The van der Waals surface area contributed by atoms with Gasteiger partial charge in [0.15, 0.2) is 0 Å². The van der Waals surface area contributed by atoms with Crippen LogP contribution in [0.1, 0.15) is 55.3 Å². The molecular formula is C19H24N2O2S. The van der Waals surface area contributed by atoms with Crippen LogP contribution in [0, 0.1) is 0 Å². The van der Waals surface area contributed by atoms with Crippen LogP contribution in [-0.4, -0.2) is 8.42 Å². The Morgan fingerprint density at radius 2 is 1.96 bits per heavy atom. The molecule has 2 aromatic rings. The van der Waals surface area contributed by atoms with Crippen LogP contribution in [0.3, 0.4) is 0 Å². The third kappa shape index (κ3) is 3.47. The summed E-state index contributed by atoms with van der Waals surface area (Å²) in [5.41, 5.74) is 9.78. The van der Waals surface area contributed by atoms with E-state index in [1.165, 1.54) is 0 Å². The first-order valence-corrected chi connectivity index (χ1v) is 9.86. The topological polar surface area (TPSA) is 72.2 Å². The number of nitrogens with two attached hydrogens (primary N) is 1. The first-order chi connectivity index (χ1) is 11.4. The summed E-state index contributed by atoms with van der Waals surface area (Å²) in [5.74, 6) is 0.290. The lowest BCUT2D eigenvalue weighted by Crippen LogP contribution is -2.31. The van der Waals surface area contributed by atoms with Crippen LogP contribution < -0.4 is 10.5 Å². The van der Waals surface area contributed by atoms with Crippen molar-refractivity contribution < 1.29 is 8.42 Å². The predicted octanol–water partition coefficient (Wildman–Crippen LogP) is 3.75. The summed E-state index contributed by atoms with van der Waals surface area (Å²) in [5, 5.41) is 0. The van der Waals surface area contributed by atoms with Gasteiger partial charge >= 0.3 is 0 Å². The Kier molecular flexibility index (Phi) is 4.65. The van der Waals surface area contributed by atoms with E-state index in [9.17, 15) is 8.42 Å². The van der Waals surface area contributed by atoms with Gasteiger partial charge in [0, 0.05) is 11.7 Å². The molecule has 0 heterocycles. The molecule has 128 valence electrons. The van der Waals surface area contributed by atoms with Gasteiger partial charge in [0.1, 0.15) is 0 Å². The van der Waals surface area contributed by atoms with E-state index in [0.29, 0.717) is 10.8 Å². The summed E-state index contributed by atoms with van der Waals surface area (Å²) < 4.78 is 28.5. The number of nitrogens with one attached hydrogen (secondary N) is 1. The van der Waals surface area contributed by atoms with E-state index in [-0.39, 0.29) is 6.04 Å². The highest BCUT2D eigenvalue weighted by molar-refractivity contribution is 7.89. The summed E-state index contributed by atoms with van der Waals surface area (Å²) in [4.78, 5) is 0.330. The fourth-order valence-corrected chi connectivity index (χ4v) is 4.56. The van der Waals surface area contributed by atoms with Gasteiger partial charge in [0.2, 0.25) is 10.0 Å². The highest BCUT2D eigenvalue weighted by Gasteiger charge is 2.26. The summed E-state index contributed by atoms with van der Waals surface area (Å²) >= 11 is 0. The Labute approximate surface area is 144 Å². The van der Waals surface area contributed by atoms with Gasteiger partial charge in [-0.2, -0.15) is 0 Å². The van der Waals surface area contributed by atoms with E-state index < -0.39 is 10.0 Å². The van der Waals surface area contributed by atoms with Crippen molar-refractivity contribution in [3.63, 3.8) is 0 Å². The molecule has 5 heteroatoms. The molecule has 0 aliphatic heterocycles. The molecule has 2 aromatic carbocycles. The Morgan fingerprint density at radius 3 is 2.71 bits per heavy atom. The molecule has 0 spiro atoms. The maximum Gasteiger partial charge on any atom is 0.241 e. The number of hydrogen-bond donors (Lipinski definition) is 2. The average molecular weight is 344 g/mol. The van der Waals surface area contributed by atoms with Gasteiger partial charge < -0.3 is 5.73 Å². The molecule has 1 atom stereocenters. The first-order valence-electron chi connectivity index (χ1n) is 8.37. The molecule has 0 bridgehead atoms.